The van der Waals surface area contributed by atoms with Crippen molar-refractivity contribution >= 4 is 34.4 Å². The second-order valence-electron chi connectivity index (χ2n) is 4.55. The number of hydrogen-bond donors (Lipinski definition) is 2. The summed E-state index contributed by atoms with van der Waals surface area (Å²) < 4.78 is 14.5. The number of carbonyl (C=O) groups excluding carboxylic acids is 1. The molecule has 0 spiro atoms. The summed E-state index contributed by atoms with van der Waals surface area (Å²) in [6.45, 7) is 1.38. The van der Waals surface area contributed by atoms with Gasteiger partial charge in [-0.2, -0.15) is 0 Å². The third-order valence-corrected chi connectivity index (χ3v) is 3.52. The van der Waals surface area contributed by atoms with Crippen LogP contribution >= 0.6 is 11.3 Å². The highest BCUT2D eigenvalue weighted by molar-refractivity contribution is 7.14. The average molecular weight is 308 g/mol. The zero-order valence-corrected chi connectivity index (χ0v) is 12.0. The maximum atomic E-state index is 14.5. The summed E-state index contributed by atoms with van der Waals surface area (Å²) in [5.74, 6) is -1.36. The highest BCUT2D eigenvalue weighted by Crippen LogP contribution is 2.29. The number of amides is 1. The molecule has 1 aromatic rings. The summed E-state index contributed by atoms with van der Waals surface area (Å²) in [5.41, 5.74) is -1.33. The Morgan fingerprint density at radius 3 is 3.00 bits per heavy atom. The fraction of sp³-hybridized carbons (Fsp3) is 0.214. The second kappa shape index (κ2) is 6.01. The van der Waals surface area contributed by atoms with Crippen molar-refractivity contribution in [3.8, 4) is 0 Å². The molecule has 1 aliphatic rings. The Kier molecular flexibility index (Phi) is 4.32. The van der Waals surface area contributed by atoms with Crippen LogP contribution in [0.15, 0.2) is 35.3 Å². The molecule has 0 radical (unpaired) electrons. The van der Waals surface area contributed by atoms with E-state index >= 15 is 0 Å². The van der Waals surface area contributed by atoms with Gasteiger partial charge in [-0.05, 0) is 18.2 Å². The molecule has 1 unspecified atom stereocenters. The fourth-order valence-electron chi connectivity index (χ4n) is 1.79. The number of rotatable bonds is 4. The van der Waals surface area contributed by atoms with Crippen LogP contribution in [0.3, 0.4) is 0 Å². The summed E-state index contributed by atoms with van der Waals surface area (Å²) in [4.78, 5) is 25.9. The Hall–Kier alpha value is -2.28. The van der Waals surface area contributed by atoms with Crippen molar-refractivity contribution in [2.75, 3.05) is 5.32 Å². The number of carboxylic acids is 1. The van der Waals surface area contributed by atoms with Gasteiger partial charge in [0.05, 0.1) is 5.69 Å². The van der Waals surface area contributed by atoms with Crippen LogP contribution in [0.5, 0.6) is 0 Å². The molecule has 1 aromatic heterocycles. The molecular weight excluding hydrogens is 295 g/mol. The SMILES string of the molecule is CC(=O)Nc1nc(C=CC2(F)C=CC=C(C(=O)O)C2)cs1. The van der Waals surface area contributed by atoms with Gasteiger partial charge in [-0.15, -0.1) is 11.3 Å². The first-order valence-corrected chi connectivity index (χ1v) is 6.99. The van der Waals surface area contributed by atoms with Crippen molar-refractivity contribution in [1.82, 2.24) is 4.98 Å². The Labute approximate surface area is 124 Å². The number of aromatic nitrogens is 1. The van der Waals surface area contributed by atoms with E-state index in [0.717, 1.165) is 0 Å². The van der Waals surface area contributed by atoms with Crippen molar-refractivity contribution in [2.24, 2.45) is 0 Å². The third-order valence-electron chi connectivity index (χ3n) is 2.74. The highest BCUT2D eigenvalue weighted by atomic mass is 32.1. The number of aliphatic carboxylic acids is 1. The number of carboxylic acid groups (broad SMARTS) is 1. The molecule has 0 saturated carbocycles. The minimum Gasteiger partial charge on any atom is -0.478 e. The zero-order valence-electron chi connectivity index (χ0n) is 11.2. The molecule has 1 heterocycles. The number of allylic oxidation sites excluding steroid dienone is 4. The van der Waals surface area contributed by atoms with E-state index in [1.54, 1.807) is 5.38 Å². The molecule has 110 valence electrons. The van der Waals surface area contributed by atoms with E-state index < -0.39 is 11.6 Å². The average Bonchev–Trinajstić information content (AvgIpc) is 2.83. The van der Waals surface area contributed by atoms with Crippen molar-refractivity contribution in [1.29, 1.82) is 0 Å². The Balaban J connectivity index is 2.08. The van der Waals surface area contributed by atoms with Gasteiger partial charge in [0.1, 0.15) is 0 Å². The normalized spacial score (nSPS) is 21.3. The predicted molar refractivity (Wildman–Crippen MR) is 78.8 cm³/mol. The first kappa shape index (κ1) is 15.1. The van der Waals surface area contributed by atoms with Crippen molar-refractivity contribution in [3.05, 3.63) is 41.0 Å². The van der Waals surface area contributed by atoms with Gasteiger partial charge in [-0.25, -0.2) is 14.2 Å². The van der Waals surface area contributed by atoms with Crippen LogP contribution in [0.1, 0.15) is 19.0 Å². The maximum Gasteiger partial charge on any atom is 0.331 e. The lowest BCUT2D eigenvalue weighted by molar-refractivity contribution is -0.133. The molecule has 0 aliphatic heterocycles. The highest BCUT2D eigenvalue weighted by Gasteiger charge is 2.29. The number of thiazole rings is 1. The smallest absolute Gasteiger partial charge is 0.331 e. The number of nitrogens with zero attached hydrogens (tertiary/aromatic N) is 1. The van der Waals surface area contributed by atoms with Gasteiger partial charge in [0.25, 0.3) is 0 Å². The molecule has 0 aromatic carbocycles. The summed E-state index contributed by atoms with van der Waals surface area (Å²) in [7, 11) is 0. The van der Waals surface area contributed by atoms with Crippen molar-refractivity contribution in [3.63, 3.8) is 0 Å². The third kappa shape index (κ3) is 4.09. The van der Waals surface area contributed by atoms with Crippen LogP contribution in [0.25, 0.3) is 6.08 Å². The first-order chi connectivity index (χ1) is 9.88. The number of alkyl halides is 1. The fourth-order valence-corrected chi connectivity index (χ4v) is 2.51. The van der Waals surface area contributed by atoms with Gasteiger partial charge >= 0.3 is 5.97 Å². The molecule has 1 aliphatic carbocycles. The molecule has 2 N–H and O–H groups in total. The number of hydrogen-bond acceptors (Lipinski definition) is 4. The van der Waals surface area contributed by atoms with Crippen LogP contribution in [-0.2, 0) is 9.59 Å². The molecule has 21 heavy (non-hydrogen) atoms. The summed E-state index contributed by atoms with van der Waals surface area (Å²) in [6.07, 6.45) is 6.59. The van der Waals surface area contributed by atoms with E-state index in [-0.39, 0.29) is 17.9 Å². The Bertz CT molecular complexity index is 663. The maximum absolute atomic E-state index is 14.5. The van der Waals surface area contributed by atoms with E-state index in [2.05, 4.69) is 10.3 Å². The lowest BCUT2D eigenvalue weighted by Gasteiger charge is -2.20. The minimum absolute atomic E-state index is 0.0156. The van der Waals surface area contributed by atoms with Gasteiger partial charge in [0, 0.05) is 24.3 Å². The topological polar surface area (TPSA) is 79.3 Å². The van der Waals surface area contributed by atoms with Gasteiger partial charge < -0.3 is 10.4 Å². The van der Waals surface area contributed by atoms with E-state index in [0.29, 0.717) is 10.8 Å². The van der Waals surface area contributed by atoms with Crippen molar-refractivity contribution in [2.45, 2.75) is 19.0 Å². The quantitative estimate of drug-likeness (QED) is 0.896. The van der Waals surface area contributed by atoms with Crippen molar-refractivity contribution < 1.29 is 19.1 Å². The van der Waals surface area contributed by atoms with E-state index in [4.69, 9.17) is 5.11 Å². The van der Waals surface area contributed by atoms with Gasteiger partial charge in [0.15, 0.2) is 10.8 Å². The lowest BCUT2D eigenvalue weighted by atomic mass is 9.91. The number of nitrogens with one attached hydrogen (secondary N) is 1. The molecule has 0 fully saturated rings. The summed E-state index contributed by atoms with van der Waals surface area (Å²) >= 11 is 1.23. The number of anilines is 1. The molecule has 0 bridgehead atoms. The molecule has 2 rings (SSSR count). The zero-order chi connectivity index (χ0) is 15.5. The molecule has 7 heteroatoms. The van der Waals surface area contributed by atoms with E-state index in [1.807, 2.05) is 0 Å². The number of carbonyl (C=O) groups is 2. The van der Waals surface area contributed by atoms with Crippen LogP contribution < -0.4 is 5.32 Å². The van der Waals surface area contributed by atoms with Gasteiger partial charge in [-0.3, -0.25) is 4.79 Å². The Morgan fingerprint density at radius 1 is 1.57 bits per heavy atom. The Morgan fingerprint density at radius 2 is 2.33 bits per heavy atom. The lowest BCUT2D eigenvalue weighted by Crippen LogP contribution is -2.22. The van der Waals surface area contributed by atoms with E-state index in [9.17, 15) is 14.0 Å². The van der Waals surface area contributed by atoms with Crippen LogP contribution in [0, 0.1) is 0 Å². The molecule has 0 saturated heterocycles. The molecule has 5 nitrogen and oxygen atoms in total. The standard InChI is InChI=1S/C14H13FN2O3S/c1-9(18)16-13-17-11(8-21-13)4-6-14(15)5-2-3-10(7-14)12(19)20/h2-6,8H,7H2,1H3,(H,19,20)(H,16,17,18). The van der Waals surface area contributed by atoms with Gasteiger partial charge in [0.2, 0.25) is 5.91 Å². The predicted octanol–water partition coefficient (Wildman–Crippen LogP) is 2.79. The monoisotopic (exact) mass is 308 g/mol. The number of halogens is 1. The second-order valence-corrected chi connectivity index (χ2v) is 5.41. The molecule has 1 amide bonds. The summed E-state index contributed by atoms with van der Waals surface area (Å²) in [6, 6.07) is 0. The molecular formula is C14H13FN2O3S. The van der Waals surface area contributed by atoms with Crippen LogP contribution in [-0.4, -0.2) is 27.6 Å². The van der Waals surface area contributed by atoms with Crippen LogP contribution in [0.2, 0.25) is 0 Å². The largest absolute Gasteiger partial charge is 0.478 e. The van der Waals surface area contributed by atoms with E-state index in [1.165, 1.54) is 48.6 Å². The first-order valence-electron chi connectivity index (χ1n) is 6.11. The molecule has 1 atom stereocenters. The van der Waals surface area contributed by atoms with Gasteiger partial charge in [-0.1, -0.05) is 12.2 Å². The minimum atomic E-state index is -1.85. The summed E-state index contributed by atoms with van der Waals surface area (Å²) in [5, 5.41) is 13.5. The van der Waals surface area contributed by atoms with Crippen LogP contribution in [0.4, 0.5) is 9.52 Å².